The summed E-state index contributed by atoms with van der Waals surface area (Å²) in [5, 5.41) is 3.53. The van der Waals surface area contributed by atoms with Gasteiger partial charge >= 0.3 is 6.18 Å². The van der Waals surface area contributed by atoms with Crippen LogP contribution in [-0.2, 0) is 11.0 Å². The molecule has 1 aromatic carbocycles. The molecule has 30 heavy (non-hydrogen) atoms. The lowest BCUT2D eigenvalue weighted by molar-refractivity contribution is -0.137. The van der Waals surface area contributed by atoms with Crippen LogP contribution in [0.3, 0.4) is 0 Å². The summed E-state index contributed by atoms with van der Waals surface area (Å²) in [6, 6.07) is 7.46. The number of rotatable bonds is 4. The maximum absolute atomic E-state index is 12.7. The number of carbonyl (C=O) groups excluding carboxylic acids is 1. The molecule has 1 N–H and O–H groups in total. The van der Waals surface area contributed by atoms with Crippen LogP contribution in [0.5, 0.6) is 0 Å². The van der Waals surface area contributed by atoms with Crippen molar-refractivity contribution in [2.45, 2.75) is 32.5 Å². The number of hydrogen-bond acceptors (Lipinski definition) is 4. The fourth-order valence-electron chi connectivity index (χ4n) is 3.44. The summed E-state index contributed by atoms with van der Waals surface area (Å²) in [7, 11) is 0. The van der Waals surface area contributed by atoms with Crippen molar-refractivity contribution >= 4 is 29.0 Å². The van der Waals surface area contributed by atoms with E-state index in [0.29, 0.717) is 42.7 Å². The Kier molecular flexibility index (Phi) is 6.88. The Morgan fingerprint density at radius 2 is 1.93 bits per heavy atom. The zero-order chi connectivity index (χ0) is 21.9. The van der Waals surface area contributed by atoms with Crippen LogP contribution in [0.25, 0.3) is 0 Å². The van der Waals surface area contributed by atoms with E-state index in [1.165, 1.54) is 6.07 Å². The molecule has 162 valence electrons. The minimum absolute atomic E-state index is 0.124. The Morgan fingerprint density at radius 3 is 2.60 bits per heavy atom. The fourth-order valence-corrected chi connectivity index (χ4v) is 3.62. The molecule has 1 amide bonds. The van der Waals surface area contributed by atoms with Crippen LogP contribution in [0, 0.1) is 6.92 Å². The minimum Gasteiger partial charge on any atom is -0.355 e. The molecule has 1 saturated heterocycles. The van der Waals surface area contributed by atoms with Crippen molar-refractivity contribution in [1.82, 2.24) is 9.88 Å². The normalized spacial score (nSPS) is 16.8. The number of alkyl halides is 3. The third-order valence-corrected chi connectivity index (χ3v) is 5.79. The molecule has 1 aliphatic rings. The molecule has 0 bridgehead atoms. The minimum atomic E-state index is -4.40. The third kappa shape index (κ3) is 5.23. The predicted molar refractivity (Wildman–Crippen MR) is 112 cm³/mol. The van der Waals surface area contributed by atoms with E-state index in [2.05, 4.69) is 15.2 Å². The van der Waals surface area contributed by atoms with E-state index < -0.39 is 11.7 Å². The first kappa shape index (κ1) is 22.4. The number of anilines is 2. The van der Waals surface area contributed by atoms with Gasteiger partial charge in [-0.3, -0.25) is 9.69 Å². The highest BCUT2D eigenvalue weighted by Crippen LogP contribution is 2.29. The van der Waals surface area contributed by atoms with Crippen LogP contribution in [0.4, 0.5) is 24.7 Å². The van der Waals surface area contributed by atoms with E-state index in [1.807, 2.05) is 24.8 Å². The van der Waals surface area contributed by atoms with E-state index >= 15 is 0 Å². The molecule has 3 rings (SSSR count). The number of amides is 1. The lowest BCUT2D eigenvalue weighted by Gasteiger charge is -2.27. The number of carbonyl (C=O) groups is 1. The second kappa shape index (κ2) is 9.22. The van der Waals surface area contributed by atoms with Gasteiger partial charge in [-0.2, -0.15) is 13.2 Å². The first-order valence-corrected chi connectivity index (χ1v) is 10.1. The van der Waals surface area contributed by atoms with Crippen molar-refractivity contribution in [3.05, 3.63) is 52.7 Å². The van der Waals surface area contributed by atoms with Gasteiger partial charge in [-0.25, -0.2) is 4.98 Å². The maximum atomic E-state index is 12.7. The van der Waals surface area contributed by atoms with E-state index in [1.54, 1.807) is 12.1 Å². The Balaban J connectivity index is 1.61. The van der Waals surface area contributed by atoms with Crippen LogP contribution in [0.2, 0.25) is 5.02 Å². The summed E-state index contributed by atoms with van der Waals surface area (Å²) in [4.78, 5) is 20.7. The molecule has 1 aromatic heterocycles. The Hall–Kier alpha value is -2.32. The van der Waals surface area contributed by atoms with Gasteiger partial charge in [0.2, 0.25) is 5.91 Å². The van der Waals surface area contributed by atoms with E-state index in [0.717, 1.165) is 24.2 Å². The predicted octanol–water partition coefficient (Wildman–Crippen LogP) is 4.60. The lowest BCUT2D eigenvalue weighted by Crippen LogP contribution is -2.44. The smallest absolute Gasteiger partial charge is 0.355 e. The fraction of sp³-hybridized carbons (Fsp3) is 0.429. The topological polar surface area (TPSA) is 48.5 Å². The summed E-state index contributed by atoms with van der Waals surface area (Å²) >= 11 is 6.12. The standard InChI is InChI=1S/C21H24ClF3N4O/c1-14-17(22)5-3-6-18(14)27-20(30)15(2)28-9-4-10-29(12-11-28)19-8-7-16(13-26-19)21(23,24)25/h3,5-8,13,15H,4,9-12H2,1-2H3,(H,27,30)/t15-/m1/s1. The van der Waals surface area contributed by atoms with Gasteiger partial charge in [-0.1, -0.05) is 17.7 Å². The number of halogens is 4. The zero-order valence-electron chi connectivity index (χ0n) is 16.8. The molecule has 2 heterocycles. The monoisotopic (exact) mass is 440 g/mol. The molecule has 0 radical (unpaired) electrons. The molecule has 1 atom stereocenters. The van der Waals surface area contributed by atoms with Crippen molar-refractivity contribution in [2.75, 3.05) is 36.4 Å². The van der Waals surface area contributed by atoms with Gasteiger partial charge < -0.3 is 10.2 Å². The largest absolute Gasteiger partial charge is 0.417 e. The van der Waals surface area contributed by atoms with E-state index in [-0.39, 0.29) is 11.9 Å². The van der Waals surface area contributed by atoms with Gasteiger partial charge in [0.15, 0.2) is 0 Å². The molecule has 9 heteroatoms. The highest BCUT2D eigenvalue weighted by molar-refractivity contribution is 6.31. The molecule has 1 fully saturated rings. The second-order valence-electron chi connectivity index (χ2n) is 7.36. The molecule has 5 nitrogen and oxygen atoms in total. The quantitative estimate of drug-likeness (QED) is 0.754. The van der Waals surface area contributed by atoms with Crippen LogP contribution < -0.4 is 10.2 Å². The van der Waals surface area contributed by atoms with Crippen molar-refractivity contribution < 1.29 is 18.0 Å². The summed E-state index contributed by atoms with van der Waals surface area (Å²) in [6.45, 7) is 6.25. The Labute approximate surface area is 178 Å². The highest BCUT2D eigenvalue weighted by Gasteiger charge is 2.31. The van der Waals surface area contributed by atoms with Crippen molar-refractivity contribution in [2.24, 2.45) is 0 Å². The third-order valence-electron chi connectivity index (χ3n) is 5.38. The summed E-state index contributed by atoms with van der Waals surface area (Å²) in [6.07, 6.45) is -2.76. The number of nitrogens with zero attached hydrogens (tertiary/aromatic N) is 3. The first-order chi connectivity index (χ1) is 14.2. The molecule has 0 saturated carbocycles. The average molecular weight is 441 g/mol. The molecule has 0 unspecified atom stereocenters. The van der Waals surface area contributed by atoms with Crippen molar-refractivity contribution in [3.8, 4) is 0 Å². The molecule has 0 aliphatic carbocycles. The maximum Gasteiger partial charge on any atom is 0.417 e. The van der Waals surface area contributed by atoms with Gasteiger partial charge in [0, 0.05) is 43.1 Å². The van der Waals surface area contributed by atoms with Gasteiger partial charge in [0.25, 0.3) is 0 Å². The zero-order valence-corrected chi connectivity index (χ0v) is 17.6. The van der Waals surface area contributed by atoms with Crippen LogP contribution in [0.15, 0.2) is 36.5 Å². The van der Waals surface area contributed by atoms with Crippen molar-refractivity contribution in [3.63, 3.8) is 0 Å². The van der Waals surface area contributed by atoms with Gasteiger partial charge in [-0.15, -0.1) is 0 Å². The summed E-state index contributed by atoms with van der Waals surface area (Å²) < 4.78 is 38.2. The van der Waals surface area contributed by atoms with Crippen LogP contribution in [-0.4, -0.2) is 48.0 Å². The lowest BCUT2D eigenvalue weighted by atomic mass is 10.2. The van der Waals surface area contributed by atoms with Gasteiger partial charge in [-0.05, 0) is 50.1 Å². The SMILES string of the molecule is Cc1c(Cl)cccc1NC(=O)[C@@H](C)N1CCCN(c2ccc(C(F)(F)F)cn2)CC1. The molecular formula is C21H24ClF3N4O. The molecule has 2 aromatic rings. The van der Waals surface area contributed by atoms with Crippen LogP contribution >= 0.6 is 11.6 Å². The van der Waals surface area contributed by atoms with E-state index in [4.69, 9.17) is 11.6 Å². The number of benzene rings is 1. The highest BCUT2D eigenvalue weighted by atomic mass is 35.5. The van der Waals surface area contributed by atoms with Crippen molar-refractivity contribution in [1.29, 1.82) is 0 Å². The Bertz CT molecular complexity index is 889. The number of hydrogen-bond donors (Lipinski definition) is 1. The number of aromatic nitrogens is 1. The molecule has 0 spiro atoms. The van der Waals surface area contributed by atoms with Gasteiger partial charge in [0.05, 0.1) is 11.6 Å². The molecular weight excluding hydrogens is 417 g/mol. The van der Waals surface area contributed by atoms with E-state index in [9.17, 15) is 18.0 Å². The summed E-state index contributed by atoms with van der Waals surface area (Å²) in [5.41, 5.74) is 0.740. The average Bonchev–Trinajstić information content (AvgIpc) is 2.96. The number of pyridine rings is 1. The number of nitrogens with one attached hydrogen (secondary N) is 1. The first-order valence-electron chi connectivity index (χ1n) is 9.75. The van der Waals surface area contributed by atoms with Crippen LogP contribution in [0.1, 0.15) is 24.5 Å². The Morgan fingerprint density at radius 1 is 1.17 bits per heavy atom. The summed E-state index contributed by atoms with van der Waals surface area (Å²) in [5.74, 6) is 0.387. The second-order valence-corrected chi connectivity index (χ2v) is 7.76. The van der Waals surface area contributed by atoms with Gasteiger partial charge in [0.1, 0.15) is 5.82 Å². The molecule has 1 aliphatic heterocycles.